The van der Waals surface area contributed by atoms with Crippen LogP contribution in [0.2, 0.25) is 5.15 Å². The van der Waals surface area contributed by atoms with Crippen molar-refractivity contribution in [1.29, 1.82) is 0 Å². The van der Waals surface area contributed by atoms with Crippen molar-refractivity contribution in [3.05, 3.63) is 26.9 Å². The van der Waals surface area contributed by atoms with Gasteiger partial charge in [-0.25, -0.2) is 13.8 Å². The molecule has 0 aliphatic carbocycles. The van der Waals surface area contributed by atoms with E-state index in [2.05, 4.69) is 20.9 Å². The van der Waals surface area contributed by atoms with Crippen LogP contribution in [0.15, 0.2) is 10.7 Å². The summed E-state index contributed by atoms with van der Waals surface area (Å²) in [6.07, 6.45) is -2.30. The lowest BCUT2D eigenvalue weighted by Gasteiger charge is -2.03. The molecule has 0 fully saturated rings. The van der Waals surface area contributed by atoms with Crippen LogP contribution in [0.1, 0.15) is 22.3 Å². The maximum absolute atomic E-state index is 12.2. The Balaban J connectivity index is 3.30. The summed E-state index contributed by atoms with van der Waals surface area (Å²) in [5, 5.41) is -0.0914. The largest absolute Gasteiger partial charge is 0.298 e. The van der Waals surface area contributed by atoms with Crippen molar-refractivity contribution < 1.29 is 13.6 Å². The van der Waals surface area contributed by atoms with E-state index in [0.29, 0.717) is 6.29 Å². The molecule has 0 bridgehead atoms. The third-order valence-electron chi connectivity index (χ3n) is 1.35. The van der Waals surface area contributed by atoms with Gasteiger partial charge in [0.1, 0.15) is 9.76 Å². The van der Waals surface area contributed by atoms with E-state index < -0.39 is 6.43 Å². The lowest BCUT2D eigenvalue weighted by atomic mass is 10.2. The Hall–Kier alpha value is -0.550. The minimum absolute atomic E-state index is 0.0415. The maximum atomic E-state index is 12.2. The number of carbonyl (C=O) groups excluding carboxylic acids is 1. The number of hydrogen-bond donors (Lipinski definition) is 0. The molecule has 0 aromatic carbocycles. The highest BCUT2D eigenvalue weighted by Crippen LogP contribution is 2.28. The standard InChI is InChI=1S/C7H3BrClF2NO/c8-5-4(7(10)11)1-3(2-13)6(9)12-5/h1-2,7H. The van der Waals surface area contributed by atoms with E-state index >= 15 is 0 Å². The number of aromatic nitrogens is 1. The first-order valence-electron chi connectivity index (χ1n) is 3.15. The van der Waals surface area contributed by atoms with E-state index in [4.69, 9.17) is 11.6 Å². The number of hydrogen-bond acceptors (Lipinski definition) is 2. The monoisotopic (exact) mass is 269 g/mol. The Bertz CT molecular complexity index is 346. The summed E-state index contributed by atoms with van der Waals surface area (Å²) in [6, 6.07) is 1.01. The molecule has 0 aliphatic rings. The molecule has 0 saturated carbocycles. The number of alkyl halides is 2. The summed E-state index contributed by atoms with van der Waals surface area (Å²) < 4.78 is 24.5. The highest BCUT2D eigenvalue weighted by Gasteiger charge is 2.15. The van der Waals surface area contributed by atoms with Crippen LogP contribution in [-0.2, 0) is 0 Å². The zero-order valence-electron chi connectivity index (χ0n) is 6.10. The second kappa shape index (κ2) is 4.11. The topological polar surface area (TPSA) is 30.0 Å². The Morgan fingerprint density at radius 2 is 2.23 bits per heavy atom. The van der Waals surface area contributed by atoms with Crippen molar-refractivity contribution in [3.63, 3.8) is 0 Å². The highest BCUT2D eigenvalue weighted by atomic mass is 79.9. The number of nitrogens with zero attached hydrogens (tertiary/aromatic N) is 1. The predicted octanol–water partition coefficient (Wildman–Crippen LogP) is 3.25. The second-order valence-corrected chi connectivity index (χ2v) is 3.28. The number of rotatable bonds is 2. The van der Waals surface area contributed by atoms with Gasteiger partial charge in [-0.05, 0) is 22.0 Å². The normalized spacial score (nSPS) is 10.5. The van der Waals surface area contributed by atoms with Crippen molar-refractivity contribution in [2.24, 2.45) is 0 Å². The molecule has 0 radical (unpaired) electrons. The molecule has 6 heteroatoms. The molecule has 2 nitrogen and oxygen atoms in total. The van der Waals surface area contributed by atoms with Crippen LogP contribution in [0.4, 0.5) is 8.78 Å². The van der Waals surface area contributed by atoms with Crippen molar-refractivity contribution in [3.8, 4) is 0 Å². The first-order chi connectivity index (χ1) is 6.06. The molecule has 13 heavy (non-hydrogen) atoms. The van der Waals surface area contributed by atoms with Gasteiger partial charge in [0.15, 0.2) is 6.29 Å². The fraction of sp³-hybridized carbons (Fsp3) is 0.143. The Kier molecular flexibility index (Phi) is 3.33. The van der Waals surface area contributed by atoms with Gasteiger partial charge in [-0.1, -0.05) is 11.6 Å². The molecule has 0 spiro atoms. The SMILES string of the molecule is O=Cc1cc(C(F)F)c(Br)nc1Cl. The quantitative estimate of drug-likeness (QED) is 0.610. The minimum Gasteiger partial charge on any atom is -0.298 e. The van der Waals surface area contributed by atoms with Crippen LogP contribution >= 0.6 is 27.5 Å². The van der Waals surface area contributed by atoms with E-state index in [1.54, 1.807) is 0 Å². The number of carbonyl (C=O) groups is 1. The van der Waals surface area contributed by atoms with Crippen molar-refractivity contribution >= 4 is 33.8 Å². The van der Waals surface area contributed by atoms with Crippen LogP contribution in [0.25, 0.3) is 0 Å². The Morgan fingerprint density at radius 1 is 1.62 bits per heavy atom. The molecule has 0 aliphatic heterocycles. The minimum atomic E-state index is -2.68. The molecule has 0 atom stereocenters. The van der Waals surface area contributed by atoms with Gasteiger partial charge in [0.25, 0.3) is 6.43 Å². The predicted molar refractivity (Wildman–Crippen MR) is 47.3 cm³/mol. The van der Waals surface area contributed by atoms with Gasteiger partial charge in [-0.2, -0.15) is 0 Å². The van der Waals surface area contributed by atoms with E-state index in [0.717, 1.165) is 6.07 Å². The lowest BCUT2D eigenvalue weighted by molar-refractivity contribution is 0.112. The molecule has 0 unspecified atom stereocenters. The molecule has 0 N–H and O–H groups in total. The van der Waals surface area contributed by atoms with Gasteiger partial charge in [-0.3, -0.25) is 4.79 Å². The van der Waals surface area contributed by atoms with Gasteiger partial charge < -0.3 is 0 Å². The van der Waals surface area contributed by atoms with Gasteiger partial charge in [0.05, 0.1) is 11.1 Å². The number of halogens is 4. The second-order valence-electron chi connectivity index (χ2n) is 2.17. The molecule has 0 saturated heterocycles. The van der Waals surface area contributed by atoms with Crippen molar-refractivity contribution in [2.45, 2.75) is 6.43 Å². The molecule has 1 aromatic rings. The van der Waals surface area contributed by atoms with Gasteiger partial charge in [0.2, 0.25) is 0 Å². The summed E-state index contributed by atoms with van der Waals surface area (Å²) in [6.45, 7) is 0. The first kappa shape index (κ1) is 10.5. The lowest BCUT2D eigenvalue weighted by Crippen LogP contribution is -1.94. The molecule has 70 valence electrons. The van der Waals surface area contributed by atoms with Crippen LogP contribution in [0.3, 0.4) is 0 Å². The maximum Gasteiger partial charge on any atom is 0.266 e. The van der Waals surface area contributed by atoms with Crippen LogP contribution in [0.5, 0.6) is 0 Å². The third kappa shape index (κ3) is 2.22. The Labute approximate surface area is 86.0 Å². The average Bonchev–Trinajstić information content (AvgIpc) is 2.03. The van der Waals surface area contributed by atoms with Crippen LogP contribution in [-0.4, -0.2) is 11.3 Å². The number of pyridine rings is 1. The zero-order chi connectivity index (χ0) is 10.0. The van der Waals surface area contributed by atoms with E-state index in [9.17, 15) is 13.6 Å². The summed E-state index contributed by atoms with van der Waals surface area (Å²) in [5.41, 5.74) is -0.383. The zero-order valence-corrected chi connectivity index (χ0v) is 8.44. The summed E-state index contributed by atoms with van der Waals surface area (Å²) in [7, 11) is 0. The summed E-state index contributed by atoms with van der Waals surface area (Å²) in [4.78, 5) is 13.9. The average molecular weight is 270 g/mol. The van der Waals surface area contributed by atoms with E-state index in [-0.39, 0.29) is 20.9 Å². The molecule has 0 amide bonds. The van der Waals surface area contributed by atoms with Crippen molar-refractivity contribution in [2.75, 3.05) is 0 Å². The van der Waals surface area contributed by atoms with E-state index in [1.165, 1.54) is 0 Å². The smallest absolute Gasteiger partial charge is 0.266 e. The fourth-order valence-electron chi connectivity index (χ4n) is 0.738. The molecular weight excluding hydrogens is 267 g/mol. The Morgan fingerprint density at radius 3 is 2.69 bits per heavy atom. The molecular formula is C7H3BrClF2NO. The first-order valence-corrected chi connectivity index (χ1v) is 4.32. The molecule has 1 rings (SSSR count). The summed E-state index contributed by atoms with van der Waals surface area (Å²) in [5.74, 6) is 0. The number of aldehydes is 1. The van der Waals surface area contributed by atoms with Gasteiger partial charge in [0, 0.05) is 0 Å². The van der Waals surface area contributed by atoms with Gasteiger partial charge >= 0.3 is 0 Å². The van der Waals surface area contributed by atoms with Crippen LogP contribution in [0, 0.1) is 0 Å². The molecule has 1 aromatic heterocycles. The van der Waals surface area contributed by atoms with Gasteiger partial charge in [-0.15, -0.1) is 0 Å². The van der Waals surface area contributed by atoms with E-state index in [1.807, 2.05) is 0 Å². The highest BCUT2D eigenvalue weighted by molar-refractivity contribution is 9.10. The van der Waals surface area contributed by atoms with Crippen LogP contribution < -0.4 is 0 Å². The molecule has 1 heterocycles. The summed E-state index contributed by atoms with van der Waals surface area (Å²) >= 11 is 8.31. The van der Waals surface area contributed by atoms with Crippen molar-refractivity contribution in [1.82, 2.24) is 4.98 Å². The fourth-order valence-corrected chi connectivity index (χ4v) is 1.49. The third-order valence-corrected chi connectivity index (χ3v) is 2.28.